The Bertz CT molecular complexity index is 1220. The molecule has 0 unspecified atom stereocenters. The van der Waals surface area contributed by atoms with Crippen molar-refractivity contribution in [2.45, 2.75) is 51.7 Å². The molecule has 11 heteroatoms. The predicted octanol–water partition coefficient (Wildman–Crippen LogP) is 3.57. The average molecular weight is 459 g/mol. The fourth-order valence-electron chi connectivity index (χ4n) is 4.14. The van der Waals surface area contributed by atoms with Gasteiger partial charge in [0.05, 0.1) is 36.5 Å². The molecule has 0 radical (unpaired) electrons. The quantitative estimate of drug-likeness (QED) is 0.601. The maximum Gasteiger partial charge on any atom is 0.388 e. The number of hydrogen-bond acceptors (Lipinski definition) is 7. The molecule has 8 nitrogen and oxygen atoms in total. The number of anilines is 1. The molecule has 172 valence electrons. The number of carbonyl (C=O) groups excluding carboxylic acids is 1. The molecule has 1 saturated carbocycles. The molecular weight excluding hydrogens is 439 g/mol. The van der Waals surface area contributed by atoms with Crippen molar-refractivity contribution in [1.82, 2.24) is 20.1 Å². The molecule has 1 aliphatic carbocycles. The van der Waals surface area contributed by atoms with Crippen molar-refractivity contribution in [2.75, 3.05) is 5.73 Å². The molecule has 0 bridgehead atoms. The van der Waals surface area contributed by atoms with E-state index in [9.17, 15) is 13.6 Å². The second-order valence-electron chi connectivity index (χ2n) is 8.06. The number of hydrogen-bond donors (Lipinski definition) is 1. The van der Waals surface area contributed by atoms with E-state index < -0.39 is 18.3 Å². The molecule has 2 N–H and O–H groups in total. The standard InChI is InChI=1S/C22H20F3N5O3/c23-17-7-18-13(15-9-32-10-16(15)20(26)27-18)6-14(17)21(31)30(12-2-1-3-12)8-11-4-5-19(29-28-11)33-22(24)25/h4-7,12,22H,1-3,8-10H2,(H2,26,27). The summed E-state index contributed by atoms with van der Waals surface area (Å²) in [6, 6.07) is 5.35. The van der Waals surface area contributed by atoms with E-state index in [0.717, 1.165) is 30.4 Å². The maximum absolute atomic E-state index is 15.0. The summed E-state index contributed by atoms with van der Waals surface area (Å²) in [4.78, 5) is 19.3. The number of alkyl halides is 2. The van der Waals surface area contributed by atoms with Crippen LogP contribution in [0.15, 0.2) is 24.3 Å². The molecule has 33 heavy (non-hydrogen) atoms. The van der Waals surface area contributed by atoms with Gasteiger partial charge in [-0.15, -0.1) is 5.10 Å². The number of nitrogens with zero attached hydrogens (tertiary/aromatic N) is 4. The third kappa shape index (κ3) is 4.04. The van der Waals surface area contributed by atoms with Crippen LogP contribution in [0.4, 0.5) is 19.0 Å². The van der Waals surface area contributed by atoms with Crippen molar-refractivity contribution in [3.63, 3.8) is 0 Å². The van der Waals surface area contributed by atoms with Crippen LogP contribution < -0.4 is 10.5 Å². The van der Waals surface area contributed by atoms with Gasteiger partial charge in [-0.3, -0.25) is 4.79 Å². The van der Waals surface area contributed by atoms with Crippen LogP contribution in [-0.4, -0.2) is 38.6 Å². The van der Waals surface area contributed by atoms with Gasteiger partial charge in [0.1, 0.15) is 11.6 Å². The van der Waals surface area contributed by atoms with E-state index in [2.05, 4.69) is 19.9 Å². The highest BCUT2D eigenvalue weighted by molar-refractivity contribution is 5.99. The Morgan fingerprint density at radius 2 is 2.00 bits per heavy atom. The lowest BCUT2D eigenvalue weighted by Crippen LogP contribution is -2.44. The maximum atomic E-state index is 15.0. The van der Waals surface area contributed by atoms with Crippen LogP contribution in [0.25, 0.3) is 10.9 Å². The predicted molar refractivity (Wildman–Crippen MR) is 111 cm³/mol. The Labute approximate surface area is 186 Å². The Morgan fingerprint density at radius 3 is 2.67 bits per heavy atom. The van der Waals surface area contributed by atoms with Crippen LogP contribution in [0.3, 0.4) is 0 Å². The van der Waals surface area contributed by atoms with Crippen LogP contribution in [-0.2, 0) is 24.5 Å². The zero-order valence-electron chi connectivity index (χ0n) is 17.4. The lowest BCUT2D eigenvalue weighted by molar-refractivity contribution is -0.0534. The van der Waals surface area contributed by atoms with Crippen molar-refractivity contribution in [3.05, 3.63) is 52.5 Å². The first kappa shape index (κ1) is 21.4. The first-order valence-corrected chi connectivity index (χ1v) is 10.5. The van der Waals surface area contributed by atoms with Crippen LogP contribution >= 0.6 is 0 Å². The normalized spacial score (nSPS) is 15.5. The van der Waals surface area contributed by atoms with Gasteiger partial charge in [-0.05, 0) is 37.0 Å². The van der Waals surface area contributed by atoms with E-state index >= 15 is 4.39 Å². The van der Waals surface area contributed by atoms with E-state index in [1.165, 1.54) is 24.3 Å². The molecule has 3 heterocycles. The van der Waals surface area contributed by atoms with E-state index in [1.54, 1.807) is 4.90 Å². The minimum atomic E-state index is -3.01. The van der Waals surface area contributed by atoms with Crippen LogP contribution in [0.5, 0.6) is 5.88 Å². The summed E-state index contributed by atoms with van der Waals surface area (Å²) < 4.78 is 49.4. The fourth-order valence-corrected chi connectivity index (χ4v) is 4.14. The largest absolute Gasteiger partial charge is 0.415 e. The number of pyridine rings is 1. The summed E-state index contributed by atoms with van der Waals surface area (Å²) in [6.07, 6.45) is 2.51. The van der Waals surface area contributed by atoms with E-state index in [-0.39, 0.29) is 24.0 Å². The summed E-state index contributed by atoms with van der Waals surface area (Å²) >= 11 is 0. The summed E-state index contributed by atoms with van der Waals surface area (Å²) in [7, 11) is 0. The molecule has 3 aromatic rings. The molecule has 2 aliphatic rings. The zero-order chi connectivity index (χ0) is 23.1. The van der Waals surface area contributed by atoms with Crippen LogP contribution in [0.2, 0.25) is 0 Å². The number of benzene rings is 1. The molecule has 5 rings (SSSR count). The average Bonchev–Trinajstić information content (AvgIpc) is 3.23. The van der Waals surface area contributed by atoms with Gasteiger partial charge in [-0.1, -0.05) is 0 Å². The highest BCUT2D eigenvalue weighted by Gasteiger charge is 2.32. The molecular formula is C22H20F3N5O3. The Morgan fingerprint density at radius 1 is 1.21 bits per heavy atom. The first-order valence-electron chi connectivity index (χ1n) is 10.5. The number of amides is 1. The SMILES string of the molecule is Nc1nc2cc(F)c(C(=O)N(Cc3ccc(OC(F)F)nn3)C3CCC3)cc2c2c1COC2. The Balaban J connectivity index is 1.47. The number of carbonyl (C=O) groups is 1. The summed E-state index contributed by atoms with van der Waals surface area (Å²) in [5.41, 5.74) is 8.19. The smallest absolute Gasteiger partial charge is 0.388 e. The second-order valence-corrected chi connectivity index (χ2v) is 8.06. The van der Waals surface area contributed by atoms with Crippen molar-refractivity contribution in [3.8, 4) is 5.88 Å². The van der Waals surface area contributed by atoms with E-state index in [4.69, 9.17) is 10.5 Å². The lowest BCUT2D eigenvalue weighted by atomic mass is 9.90. The molecule has 1 aromatic carbocycles. The number of nitrogens with two attached hydrogens (primary N) is 1. The molecule has 1 aliphatic heterocycles. The topological polar surface area (TPSA) is 103 Å². The van der Waals surface area contributed by atoms with Gasteiger partial charge in [-0.2, -0.15) is 13.9 Å². The van der Waals surface area contributed by atoms with E-state index in [1.807, 2.05) is 0 Å². The minimum Gasteiger partial charge on any atom is -0.415 e. The van der Waals surface area contributed by atoms with Gasteiger partial charge in [0, 0.05) is 29.1 Å². The Hall–Kier alpha value is -3.47. The molecule has 1 fully saturated rings. The third-order valence-electron chi connectivity index (χ3n) is 6.06. The lowest BCUT2D eigenvalue weighted by Gasteiger charge is -2.37. The molecule has 1 amide bonds. The van der Waals surface area contributed by atoms with Crippen molar-refractivity contribution < 1.29 is 27.4 Å². The van der Waals surface area contributed by atoms with Crippen molar-refractivity contribution in [1.29, 1.82) is 0 Å². The summed E-state index contributed by atoms with van der Waals surface area (Å²) in [6.45, 7) is -2.31. The number of aromatic nitrogens is 3. The number of nitrogen functional groups attached to an aromatic ring is 1. The Kier molecular flexibility index (Phi) is 5.49. The fraction of sp³-hybridized carbons (Fsp3) is 0.364. The minimum absolute atomic E-state index is 0.0597. The van der Waals surface area contributed by atoms with Gasteiger partial charge in [-0.25, -0.2) is 9.37 Å². The van der Waals surface area contributed by atoms with Crippen LogP contribution in [0.1, 0.15) is 46.4 Å². The van der Waals surface area contributed by atoms with E-state index in [0.29, 0.717) is 35.6 Å². The number of ether oxygens (including phenoxy) is 2. The van der Waals surface area contributed by atoms with Gasteiger partial charge in [0.2, 0.25) is 5.88 Å². The monoisotopic (exact) mass is 459 g/mol. The third-order valence-corrected chi connectivity index (χ3v) is 6.06. The zero-order valence-corrected chi connectivity index (χ0v) is 17.4. The number of fused-ring (bicyclic) bond motifs is 3. The second kappa shape index (κ2) is 8.47. The highest BCUT2D eigenvalue weighted by atomic mass is 19.3. The van der Waals surface area contributed by atoms with Gasteiger partial charge in [0.15, 0.2) is 0 Å². The van der Waals surface area contributed by atoms with Crippen molar-refractivity contribution >= 4 is 22.6 Å². The summed E-state index contributed by atoms with van der Waals surface area (Å²) in [5.74, 6) is -1.21. The van der Waals surface area contributed by atoms with Gasteiger partial charge in [0.25, 0.3) is 5.91 Å². The number of rotatable bonds is 6. The van der Waals surface area contributed by atoms with Crippen molar-refractivity contribution in [2.24, 2.45) is 0 Å². The highest BCUT2D eigenvalue weighted by Crippen LogP contribution is 2.34. The van der Waals surface area contributed by atoms with Crippen LogP contribution in [0, 0.1) is 5.82 Å². The van der Waals surface area contributed by atoms with Gasteiger partial charge >= 0.3 is 6.61 Å². The summed E-state index contributed by atoms with van der Waals surface area (Å²) in [5, 5.41) is 8.12. The van der Waals surface area contributed by atoms with Gasteiger partial charge < -0.3 is 20.1 Å². The molecule has 0 atom stereocenters. The molecule has 2 aromatic heterocycles. The molecule has 0 saturated heterocycles. The number of halogens is 3. The molecule has 0 spiro atoms. The first-order chi connectivity index (χ1) is 15.9.